The van der Waals surface area contributed by atoms with Gasteiger partial charge in [0, 0.05) is 56.0 Å². The summed E-state index contributed by atoms with van der Waals surface area (Å²) in [6.45, 7) is 27.7. The van der Waals surface area contributed by atoms with Gasteiger partial charge in [0.1, 0.15) is 30.0 Å². The van der Waals surface area contributed by atoms with Gasteiger partial charge < -0.3 is 79.5 Å². The maximum Gasteiger partial charge on any atom is 0.341 e. The lowest BCUT2D eigenvalue weighted by molar-refractivity contribution is -0.202. The number of nitrogens with one attached hydrogen (secondary N) is 2. The number of hydrogen-bond acceptors (Lipinski definition) is 19. The molecular weight excluding hydrogens is 1070 g/mol. The van der Waals surface area contributed by atoms with Crippen molar-refractivity contribution in [1.82, 2.24) is 14.8 Å². The van der Waals surface area contributed by atoms with Gasteiger partial charge in [-0.05, 0) is 137 Å². The lowest BCUT2D eigenvalue weighted by atomic mass is 9.82. The summed E-state index contributed by atoms with van der Waals surface area (Å²) in [5.74, 6) is -1.25. The third kappa shape index (κ3) is 29.4. The number of benzene rings is 1. The fraction of sp³-hybridized carbons (Fsp3) is 0.814. The molecule has 1 saturated carbocycles. The number of aromatic nitrogens is 1. The number of cyclic esters (lactones) is 1. The Kier molecular flexibility index (Phi) is 39.3. The number of nitrogens with zero attached hydrogens (tertiary/aromatic N) is 2. The van der Waals surface area contributed by atoms with Crippen molar-refractivity contribution in [3.8, 4) is 0 Å². The normalized spacial score (nSPS) is 30.4. The Balaban J connectivity index is 0.00000128. The molecule has 6 unspecified atom stereocenters. The number of rotatable bonds is 14. The van der Waals surface area contributed by atoms with E-state index in [2.05, 4.69) is 17.6 Å². The molecule has 0 spiro atoms. The predicted molar refractivity (Wildman–Crippen MR) is 320 cm³/mol. The summed E-state index contributed by atoms with van der Waals surface area (Å²) in [5.41, 5.74) is -1.58. The van der Waals surface area contributed by atoms with E-state index in [4.69, 9.17) is 38.1 Å². The van der Waals surface area contributed by atoms with E-state index >= 15 is 0 Å². The van der Waals surface area contributed by atoms with Crippen molar-refractivity contribution in [2.75, 3.05) is 92.1 Å². The summed E-state index contributed by atoms with van der Waals surface area (Å²) in [5, 5.41) is 73.3. The minimum Gasteiger partial charge on any atom is -0.477 e. The number of anilines is 1. The van der Waals surface area contributed by atoms with Crippen LogP contribution in [0.15, 0.2) is 29.2 Å². The number of aromatic carboxylic acids is 1. The van der Waals surface area contributed by atoms with E-state index in [-0.39, 0.29) is 84.6 Å². The van der Waals surface area contributed by atoms with Crippen molar-refractivity contribution in [1.29, 1.82) is 0 Å². The van der Waals surface area contributed by atoms with Gasteiger partial charge >= 0.3 is 11.9 Å². The number of aliphatic hydroxyl groups excluding tert-OH is 4. The average molecular weight is 1180 g/mol. The summed E-state index contributed by atoms with van der Waals surface area (Å²) in [6, 6.07) is 5.33. The third-order valence-electron chi connectivity index (χ3n) is 13.8. The number of pyridine rings is 1. The molecule has 14 atom stereocenters. The van der Waals surface area contributed by atoms with Crippen molar-refractivity contribution < 1.29 is 77.4 Å². The molecule has 1 aromatic carbocycles. The van der Waals surface area contributed by atoms with Crippen LogP contribution in [0.2, 0.25) is 0 Å². The largest absolute Gasteiger partial charge is 0.477 e. The van der Waals surface area contributed by atoms with Crippen LogP contribution in [-0.4, -0.2) is 202 Å². The number of aliphatic hydroxyl groups is 6. The zero-order valence-electron chi connectivity index (χ0n) is 52.3. The minimum absolute atomic E-state index is 0.0407. The quantitative estimate of drug-likeness (QED) is 0.0758. The van der Waals surface area contributed by atoms with Crippen LogP contribution >= 0.6 is 0 Å². The van der Waals surface area contributed by atoms with Gasteiger partial charge in [0.2, 0.25) is 5.43 Å². The number of carboxylic acid groups (broad SMARTS) is 1. The van der Waals surface area contributed by atoms with E-state index in [1.54, 1.807) is 19.9 Å². The highest BCUT2D eigenvalue weighted by atomic mass is 32.2. The van der Waals surface area contributed by atoms with E-state index in [9.17, 15) is 44.1 Å². The molecule has 4 heterocycles. The van der Waals surface area contributed by atoms with Crippen LogP contribution in [0.1, 0.15) is 158 Å². The van der Waals surface area contributed by atoms with Gasteiger partial charge in [0.15, 0.2) is 17.4 Å². The van der Waals surface area contributed by atoms with E-state index in [0.29, 0.717) is 82.4 Å². The van der Waals surface area contributed by atoms with Gasteiger partial charge in [-0.1, -0.05) is 55.4 Å². The summed E-state index contributed by atoms with van der Waals surface area (Å²) < 4.78 is 46.5. The molecule has 22 heteroatoms. The number of carboxylic acids is 1. The van der Waals surface area contributed by atoms with Crippen LogP contribution in [0.3, 0.4) is 0 Å². The van der Waals surface area contributed by atoms with E-state index in [1.165, 1.54) is 13.1 Å². The van der Waals surface area contributed by atoms with Crippen molar-refractivity contribution in [3.05, 3.63) is 40.2 Å². The SMILES string of the molecule is CC.CC.CC1C[C@H](C)CC(C)(O)C[C@@H](C)CN(C)[C@H](C)[C@@H](O)C(C)(O)COC1=O.CC1C[C@H](O)O[C@@H](C)[C@@H]1OS(=O)CCOCCOCCNc1ccc2c(c1)c(=O)c(C(=O)O)cn2C1CC1.CNC.CO.C[C@@H]1CCC(O)CO1. The molecule has 4 fully saturated rings. The first-order valence-corrected chi connectivity index (χ1v) is 30.5. The van der Waals surface area contributed by atoms with Crippen molar-refractivity contribution in [2.24, 2.45) is 23.7 Å². The monoisotopic (exact) mass is 1180 g/mol. The fourth-order valence-corrected chi connectivity index (χ4v) is 10.7. The molecule has 0 amide bonds. The minimum atomic E-state index is -1.52. The number of likely N-dealkylation sites (N-methyl/N-ethyl adjacent to an activating group) is 1. The van der Waals surface area contributed by atoms with E-state index in [1.807, 2.05) is 105 Å². The number of carbonyl (C=O) groups excluding carboxylic acids is 1. The standard InChI is InChI=1S/C26H36N2O9S.C20H39NO5.C6H12O2.C2H7N.2C2H6.CH4O/c1-16-13-23(29)36-17(2)25(16)37-38(33)12-11-35-10-9-34-8-7-27-18-3-6-22-20(14-18)24(30)21(26(31)32)15-28(22)19-4-5-19;1-13-8-15(3)18(23)26-12-20(6,25)17(22)16(4)21(7)11-14(2)10-19(5,24)9-13;1-5-2-3-6(7)4-8-5;1-3-2;3*1-2/h3,6,14-17,19,23,25,27,29H,4-5,7-13H2,1-2H3,(H,31,32);13-17,22,24-25H,8-12H2,1-7H3;5-7H,2-4H2,1H3;3H,1-2H3;2*1-2H3;2H,1H3/t16?,17-,23+,25+,38?;13-,14+,15?,16+,17+,19?,20?;5-,6?;;;;/m001..../s1. The highest BCUT2D eigenvalue weighted by molar-refractivity contribution is 7.80. The van der Waals surface area contributed by atoms with Crippen LogP contribution in [0.5, 0.6) is 0 Å². The predicted octanol–water partition coefficient (Wildman–Crippen LogP) is 6.14. The van der Waals surface area contributed by atoms with Crippen LogP contribution in [-0.2, 0) is 43.7 Å². The molecular formula is C59H110N4O17S. The Morgan fingerprint density at radius 1 is 0.852 bits per heavy atom. The number of esters is 1. The van der Waals surface area contributed by atoms with Gasteiger partial charge in [0.25, 0.3) is 0 Å². The Labute approximate surface area is 487 Å². The second kappa shape index (κ2) is 41.0. The summed E-state index contributed by atoms with van der Waals surface area (Å²) >= 11 is -1.51. The van der Waals surface area contributed by atoms with Gasteiger partial charge in [-0.2, -0.15) is 0 Å². The van der Waals surface area contributed by atoms with Gasteiger partial charge in [0.05, 0.1) is 74.1 Å². The van der Waals surface area contributed by atoms with Crippen molar-refractivity contribution in [2.45, 2.75) is 201 Å². The highest BCUT2D eigenvalue weighted by Gasteiger charge is 2.39. The molecule has 81 heavy (non-hydrogen) atoms. The van der Waals surface area contributed by atoms with E-state index < -0.39 is 46.1 Å². The summed E-state index contributed by atoms with van der Waals surface area (Å²) in [7, 11) is 6.64. The van der Waals surface area contributed by atoms with Crippen LogP contribution in [0, 0.1) is 23.7 Å². The molecule has 1 aliphatic carbocycles. The molecule has 0 radical (unpaired) electrons. The first-order chi connectivity index (χ1) is 38.2. The van der Waals surface area contributed by atoms with Crippen LogP contribution in [0.25, 0.3) is 10.9 Å². The molecule has 4 aliphatic rings. The van der Waals surface area contributed by atoms with E-state index in [0.717, 1.165) is 38.3 Å². The Hall–Kier alpha value is -3.20. The highest BCUT2D eigenvalue weighted by Crippen LogP contribution is 2.37. The topological polar surface area (TPSA) is 298 Å². The summed E-state index contributed by atoms with van der Waals surface area (Å²) in [6.07, 6.45) is 5.25. The van der Waals surface area contributed by atoms with Crippen molar-refractivity contribution in [3.63, 3.8) is 0 Å². The van der Waals surface area contributed by atoms with Gasteiger partial charge in [-0.25, -0.2) is 9.00 Å². The third-order valence-corrected chi connectivity index (χ3v) is 14.8. The lowest BCUT2D eigenvalue weighted by Gasteiger charge is -2.38. The zero-order chi connectivity index (χ0) is 62.2. The average Bonchev–Trinajstić information content (AvgIpc) is 4.27. The smallest absolute Gasteiger partial charge is 0.341 e. The lowest BCUT2D eigenvalue weighted by Crippen LogP contribution is -2.55. The molecule has 9 N–H and O–H groups in total. The molecule has 6 rings (SSSR count). The first kappa shape index (κ1) is 77.8. The molecule has 474 valence electrons. The molecule has 2 aromatic rings. The molecule has 3 saturated heterocycles. The molecule has 21 nitrogen and oxygen atoms in total. The second-order valence-electron chi connectivity index (χ2n) is 22.0. The van der Waals surface area contributed by atoms with Gasteiger partial charge in [-0.15, -0.1) is 0 Å². The maximum absolute atomic E-state index is 12.7. The number of hydrogen-bond donors (Lipinski definition) is 9. The summed E-state index contributed by atoms with van der Waals surface area (Å²) in [4.78, 5) is 38.5. The molecule has 3 aliphatic heterocycles. The zero-order valence-corrected chi connectivity index (χ0v) is 53.1. The van der Waals surface area contributed by atoms with Crippen molar-refractivity contribution >= 4 is 39.6 Å². The Bertz CT molecular complexity index is 2080. The molecule has 1 aromatic heterocycles. The second-order valence-corrected chi connectivity index (χ2v) is 23.2. The molecule has 0 bridgehead atoms. The van der Waals surface area contributed by atoms with Gasteiger partial charge in [-0.3, -0.25) is 13.8 Å². The van der Waals surface area contributed by atoms with Crippen LogP contribution in [0.4, 0.5) is 5.69 Å². The first-order valence-electron chi connectivity index (χ1n) is 29.2. The fourth-order valence-electron chi connectivity index (χ4n) is 9.79. The number of carbonyl (C=O) groups is 2. The Morgan fingerprint density at radius 3 is 1.99 bits per heavy atom. The maximum atomic E-state index is 12.7. The number of ether oxygens (including phenoxy) is 5. The Morgan fingerprint density at radius 2 is 1.44 bits per heavy atom. The van der Waals surface area contributed by atoms with Crippen LogP contribution < -0.4 is 16.1 Å². The number of fused-ring (bicyclic) bond motifs is 1.